The van der Waals surface area contributed by atoms with E-state index in [-0.39, 0.29) is 6.04 Å². The molecular weight excluding hydrogens is 331 g/mol. The molecule has 0 saturated heterocycles. The molecule has 84 valence electrons. The molecule has 0 spiro atoms. The van der Waals surface area contributed by atoms with Crippen LogP contribution in [0.3, 0.4) is 0 Å². The van der Waals surface area contributed by atoms with Crippen molar-refractivity contribution in [3.05, 3.63) is 49.5 Å². The zero-order chi connectivity index (χ0) is 11.5. The van der Waals surface area contributed by atoms with Gasteiger partial charge in [-0.05, 0) is 40.6 Å². The van der Waals surface area contributed by atoms with Crippen molar-refractivity contribution in [3.8, 4) is 0 Å². The lowest BCUT2D eigenvalue weighted by atomic mass is 10.0. The van der Waals surface area contributed by atoms with Crippen LogP contribution in [0.4, 0.5) is 0 Å². The fourth-order valence-electron chi connectivity index (χ4n) is 1.63. The number of benzene rings is 1. The molecule has 16 heavy (non-hydrogen) atoms. The first-order chi connectivity index (χ1) is 7.68. The predicted octanol–water partition coefficient (Wildman–Crippen LogP) is 3.30. The van der Waals surface area contributed by atoms with Gasteiger partial charge in [-0.2, -0.15) is 0 Å². The Morgan fingerprint density at radius 2 is 2.31 bits per heavy atom. The third-order valence-corrected chi connectivity index (χ3v) is 4.80. The van der Waals surface area contributed by atoms with Crippen LogP contribution in [0.5, 0.6) is 0 Å². The van der Waals surface area contributed by atoms with Crippen molar-refractivity contribution in [2.75, 3.05) is 0 Å². The van der Waals surface area contributed by atoms with Gasteiger partial charge in [0, 0.05) is 27.1 Å². The summed E-state index contributed by atoms with van der Waals surface area (Å²) in [6.45, 7) is 2.12. The molecule has 2 N–H and O–H groups in total. The molecule has 0 aliphatic carbocycles. The highest BCUT2D eigenvalue weighted by atomic mass is 127. The number of hydrogen-bond donors (Lipinski definition) is 1. The predicted molar refractivity (Wildman–Crippen MR) is 76.6 cm³/mol. The van der Waals surface area contributed by atoms with E-state index in [1.54, 1.807) is 11.3 Å². The summed E-state index contributed by atoms with van der Waals surface area (Å²) in [6, 6.07) is 6.36. The lowest BCUT2D eigenvalue weighted by Gasteiger charge is -2.14. The summed E-state index contributed by atoms with van der Waals surface area (Å²) in [7, 11) is 0. The Labute approximate surface area is 113 Å². The van der Waals surface area contributed by atoms with E-state index in [0.29, 0.717) is 0 Å². The van der Waals surface area contributed by atoms with Gasteiger partial charge in [0.1, 0.15) is 0 Å². The number of halogens is 1. The third-order valence-electron chi connectivity index (χ3n) is 2.53. The van der Waals surface area contributed by atoms with Gasteiger partial charge >= 0.3 is 0 Å². The fraction of sp³-hybridized carbons (Fsp3) is 0.250. The topological polar surface area (TPSA) is 38.9 Å². The SMILES string of the molecule is Cc1cccc(C(N)Cc2cncs2)c1I. The van der Waals surface area contributed by atoms with Crippen LogP contribution in [0.1, 0.15) is 22.0 Å². The minimum atomic E-state index is 0.0623. The monoisotopic (exact) mass is 344 g/mol. The molecule has 1 unspecified atom stereocenters. The summed E-state index contributed by atoms with van der Waals surface area (Å²) in [5.74, 6) is 0. The van der Waals surface area contributed by atoms with Crippen LogP contribution >= 0.6 is 33.9 Å². The zero-order valence-electron chi connectivity index (χ0n) is 8.98. The number of thiazole rings is 1. The Hall–Kier alpha value is -0.460. The van der Waals surface area contributed by atoms with Crippen LogP contribution in [-0.4, -0.2) is 4.98 Å². The Morgan fingerprint density at radius 1 is 1.50 bits per heavy atom. The van der Waals surface area contributed by atoms with Crippen LogP contribution < -0.4 is 5.73 Å². The first-order valence-electron chi connectivity index (χ1n) is 5.06. The molecule has 2 rings (SSSR count). The Morgan fingerprint density at radius 3 is 3.00 bits per heavy atom. The van der Waals surface area contributed by atoms with Crippen molar-refractivity contribution in [1.82, 2.24) is 4.98 Å². The van der Waals surface area contributed by atoms with Crippen LogP contribution in [0.15, 0.2) is 29.9 Å². The van der Waals surface area contributed by atoms with Crippen molar-refractivity contribution < 1.29 is 0 Å². The first kappa shape index (κ1) is 12.0. The second-order valence-electron chi connectivity index (χ2n) is 3.76. The van der Waals surface area contributed by atoms with Crippen LogP contribution in [-0.2, 0) is 6.42 Å². The molecule has 0 radical (unpaired) electrons. The number of hydrogen-bond acceptors (Lipinski definition) is 3. The molecule has 1 atom stereocenters. The third kappa shape index (κ3) is 2.61. The molecule has 0 aliphatic heterocycles. The zero-order valence-corrected chi connectivity index (χ0v) is 12.0. The van der Waals surface area contributed by atoms with Crippen LogP contribution in [0.25, 0.3) is 0 Å². The van der Waals surface area contributed by atoms with Gasteiger partial charge in [-0.25, -0.2) is 0 Å². The second-order valence-corrected chi connectivity index (χ2v) is 5.81. The van der Waals surface area contributed by atoms with Gasteiger partial charge < -0.3 is 5.73 Å². The summed E-state index contributed by atoms with van der Waals surface area (Å²) < 4.78 is 1.28. The van der Waals surface area contributed by atoms with Gasteiger partial charge in [0.25, 0.3) is 0 Å². The van der Waals surface area contributed by atoms with Gasteiger partial charge in [0.05, 0.1) is 5.51 Å². The summed E-state index contributed by atoms with van der Waals surface area (Å²) >= 11 is 4.03. The van der Waals surface area contributed by atoms with Crippen molar-refractivity contribution in [2.24, 2.45) is 5.73 Å². The maximum absolute atomic E-state index is 6.23. The molecular formula is C12H13IN2S. The highest BCUT2D eigenvalue weighted by molar-refractivity contribution is 14.1. The van der Waals surface area contributed by atoms with E-state index < -0.39 is 0 Å². The van der Waals surface area contributed by atoms with E-state index >= 15 is 0 Å². The minimum Gasteiger partial charge on any atom is -0.324 e. The average Bonchev–Trinajstić information content (AvgIpc) is 2.74. The summed E-state index contributed by atoms with van der Waals surface area (Å²) in [5, 5.41) is 0. The van der Waals surface area contributed by atoms with Gasteiger partial charge in [-0.3, -0.25) is 4.98 Å². The molecule has 0 saturated carbocycles. The number of nitrogens with zero attached hydrogens (tertiary/aromatic N) is 1. The number of rotatable bonds is 3. The lowest BCUT2D eigenvalue weighted by molar-refractivity contribution is 0.724. The van der Waals surface area contributed by atoms with E-state index in [0.717, 1.165) is 6.42 Å². The molecule has 2 aromatic rings. The minimum absolute atomic E-state index is 0.0623. The molecule has 1 heterocycles. The van der Waals surface area contributed by atoms with Crippen molar-refractivity contribution in [3.63, 3.8) is 0 Å². The number of aromatic nitrogens is 1. The smallest absolute Gasteiger partial charge is 0.0794 e. The van der Waals surface area contributed by atoms with Gasteiger partial charge in [0.2, 0.25) is 0 Å². The van der Waals surface area contributed by atoms with Crippen LogP contribution in [0, 0.1) is 10.5 Å². The molecule has 0 amide bonds. The van der Waals surface area contributed by atoms with Gasteiger partial charge in [0.15, 0.2) is 0 Å². The van der Waals surface area contributed by atoms with E-state index in [9.17, 15) is 0 Å². The number of nitrogens with two attached hydrogens (primary N) is 1. The van der Waals surface area contributed by atoms with E-state index in [2.05, 4.69) is 52.7 Å². The van der Waals surface area contributed by atoms with Gasteiger partial charge in [-0.1, -0.05) is 18.2 Å². The Kier molecular flexibility index (Phi) is 3.94. The molecule has 4 heteroatoms. The normalized spacial score (nSPS) is 12.7. The molecule has 1 aromatic carbocycles. The maximum atomic E-state index is 6.23. The Balaban J connectivity index is 2.21. The fourth-order valence-corrected chi connectivity index (χ4v) is 3.04. The molecule has 2 nitrogen and oxygen atoms in total. The molecule has 1 aromatic heterocycles. The molecule has 0 bridgehead atoms. The van der Waals surface area contributed by atoms with Crippen LogP contribution in [0.2, 0.25) is 0 Å². The second kappa shape index (κ2) is 5.25. The first-order valence-corrected chi connectivity index (χ1v) is 7.02. The highest BCUT2D eigenvalue weighted by Gasteiger charge is 2.12. The largest absolute Gasteiger partial charge is 0.324 e. The van der Waals surface area contributed by atoms with Crippen molar-refractivity contribution in [1.29, 1.82) is 0 Å². The summed E-state index contributed by atoms with van der Waals surface area (Å²) in [5.41, 5.74) is 10.6. The van der Waals surface area contributed by atoms with Crippen molar-refractivity contribution >= 4 is 33.9 Å². The quantitative estimate of drug-likeness (QED) is 0.868. The lowest BCUT2D eigenvalue weighted by Crippen LogP contribution is -2.14. The van der Waals surface area contributed by atoms with E-state index in [1.807, 2.05) is 11.7 Å². The molecule has 0 aliphatic rings. The average molecular weight is 344 g/mol. The summed E-state index contributed by atoms with van der Waals surface area (Å²) in [4.78, 5) is 5.31. The summed E-state index contributed by atoms with van der Waals surface area (Å²) in [6.07, 6.45) is 2.76. The Bertz CT molecular complexity index is 468. The molecule has 0 fully saturated rings. The highest BCUT2D eigenvalue weighted by Crippen LogP contribution is 2.24. The van der Waals surface area contributed by atoms with E-state index in [1.165, 1.54) is 19.6 Å². The maximum Gasteiger partial charge on any atom is 0.0794 e. The number of aryl methyl sites for hydroxylation is 1. The van der Waals surface area contributed by atoms with Crippen molar-refractivity contribution in [2.45, 2.75) is 19.4 Å². The van der Waals surface area contributed by atoms with Gasteiger partial charge in [-0.15, -0.1) is 11.3 Å². The van der Waals surface area contributed by atoms with E-state index in [4.69, 9.17) is 5.73 Å². The standard InChI is InChI=1S/C12H13IN2S/c1-8-3-2-4-10(12(8)13)11(14)5-9-6-15-7-16-9/h2-4,6-7,11H,5,14H2,1H3.